The SMILES string of the molecule is C#CCCN(C)CC(=O)OCC. The number of rotatable bonds is 5. The number of esters is 1. The molecule has 12 heavy (non-hydrogen) atoms. The minimum absolute atomic E-state index is 0.197. The van der Waals surface area contributed by atoms with Crippen LogP contribution in [0.25, 0.3) is 0 Å². The fraction of sp³-hybridized carbons (Fsp3) is 0.667. The van der Waals surface area contributed by atoms with Crippen molar-refractivity contribution in [2.45, 2.75) is 13.3 Å². The predicted octanol–water partition coefficient (Wildman–Crippen LogP) is 0.505. The topological polar surface area (TPSA) is 29.5 Å². The van der Waals surface area contributed by atoms with Crippen LogP contribution in [-0.2, 0) is 9.53 Å². The van der Waals surface area contributed by atoms with Gasteiger partial charge in [0.25, 0.3) is 0 Å². The van der Waals surface area contributed by atoms with Gasteiger partial charge in [-0.05, 0) is 14.0 Å². The average Bonchev–Trinajstić information content (AvgIpc) is 2.01. The maximum absolute atomic E-state index is 10.9. The molecule has 0 amide bonds. The van der Waals surface area contributed by atoms with Gasteiger partial charge in [0.15, 0.2) is 0 Å². The van der Waals surface area contributed by atoms with E-state index in [0.29, 0.717) is 19.6 Å². The van der Waals surface area contributed by atoms with Crippen LogP contribution >= 0.6 is 0 Å². The molecule has 0 unspecified atom stereocenters. The first-order chi connectivity index (χ1) is 5.70. The Hall–Kier alpha value is -1.01. The second-order valence-electron chi connectivity index (χ2n) is 2.50. The number of carbonyl (C=O) groups is 1. The van der Waals surface area contributed by atoms with Crippen molar-refractivity contribution in [3.05, 3.63) is 0 Å². The van der Waals surface area contributed by atoms with Gasteiger partial charge in [-0.15, -0.1) is 12.3 Å². The highest BCUT2D eigenvalue weighted by Gasteiger charge is 2.05. The Bertz CT molecular complexity index is 172. The summed E-state index contributed by atoms with van der Waals surface area (Å²) in [5, 5.41) is 0. The molecule has 0 bridgehead atoms. The molecule has 0 radical (unpaired) electrons. The molecule has 0 rings (SSSR count). The van der Waals surface area contributed by atoms with Crippen LogP contribution in [0.3, 0.4) is 0 Å². The second-order valence-corrected chi connectivity index (χ2v) is 2.50. The van der Waals surface area contributed by atoms with Crippen molar-refractivity contribution in [1.82, 2.24) is 4.90 Å². The average molecular weight is 169 g/mol. The molecule has 68 valence electrons. The molecule has 0 aromatic heterocycles. The summed E-state index contributed by atoms with van der Waals surface area (Å²) in [4.78, 5) is 12.7. The normalized spacial score (nSPS) is 9.50. The Morgan fingerprint density at radius 3 is 2.83 bits per heavy atom. The van der Waals surface area contributed by atoms with Crippen LogP contribution in [0.5, 0.6) is 0 Å². The molecule has 0 spiro atoms. The molecule has 0 atom stereocenters. The minimum atomic E-state index is -0.197. The molecule has 0 saturated heterocycles. The van der Waals surface area contributed by atoms with Gasteiger partial charge in [0.2, 0.25) is 0 Å². The van der Waals surface area contributed by atoms with E-state index < -0.39 is 0 Å². The lowest BCUT2D eigenvalue weighted by Gasteiger charge is -2.13. The van der Waals surface area contributed by atoms with E-state index in [1.54, 1.807) is 6.92 Å². The van der Waals surface area contributed by atoms with Gasteiger partial charge in [0.05, 0.1) is 13.2 Å². The summed E-state index contributed by atoms with van der Waals surface area (Å²) in [5.74, 6) is 2.31. The van der Waals surface area contributed by atoms with Crippen LogP contribution in [-0.4, -0.2) is 37.6 Å². The van der Waals surface area contributed by atoms with Crippen LogP contribution in [0, 0.1) is 12.3 Å². The summed E-state index contributed by atoms with van der Waals surface area (Å²) in [6.45, 7) is 3.27. The molecule has 0 aliphatic heterocycles. The van der Waals surface area contributed by atoms with E-state index in [0.717, 1.165) is 6.54 Å². The van der Waals surface area contributed by atoms with Gasteiger partial charge in [-0.25, -0.2) is 0 Å². The zero-order valence-corrected chi connectivity index (χ0v) is 7.67. The number of ether oxygens (including phenoxy) is 1. The summed E-state index contributed by atoms with van der Waals surface area (Å²) in [5.41, 5.74) is 0. The Kier molecular flexibility index (Phi) is 6.12. The highest BCUT2D eigenvalue weighted by atomic mass is 16.5. The molecular weight excluding hydrogens is 154 g/mol. The third kappa shape index (κ3) is 5.75. The molecule has 0 aliphatic rings. The third-order valence-electron chi connectivity index (χ3n) is 1.34. The molecule has 0 aromatic carbocycles. The van der Waals surface area contributed by atoms with Gasteiger partial charge < -0.3 is 4.74 Å². The standard InChI is InChI=1S/C9H15NO2/c1-4-6-7-10(3)8-9(11)12-5-2/h1H,5-8H2,2-3H3. The monoisotopic (exact) mass is 169 g/mol. The summed E-state index contributed by atoms with van der Waals surface area (Å²) in [7, 11) is 1.84. The van der Waals surface area contributed by atoms with Gasteiger partial charge in [0, 0.05) is 13.0 Å². The van der Waals surface area contributed by atoms with Crippen molar-refractivity contribution in [3.63, 3.8) is 0 Å². The maximum atomic E-state index is 10.9. The number of hydrogen-bond donors (Lipinski definition) is 0. The Morgan fingerprint density at radius 1 is 1.67 bits per heavy atom. The van der Waals surface area contributed by atoms with E-state index in [2.05, 4.69) is 5.92 Å². The Labute approximate surface area is 73.7 Å². The van der Waals surface area contributed by atoms with Crippen molar-refractivity contribution >= 4 is 5.97 Å². The van der Waals surface area contributed by atoms with E-state index in [-0.39, 0.29) is 5.97 Å². The van der Waals surface area contributed by atoms with Gasteiger partial charge in [-0.2, -0.15) is 0 Å². The van der Waals surface area contributed by atoms with E-state index >= 15 is 0 Å². The first-order valence-corrected chi connectivity index (χ1v) is 3.98. The summed E-state index contributed by atoms with van der Waals surface area (Å²) in [6, 6.07) is 0. The van der Waals surface area contributed by atoms with Crippen LogP contribution in [0.15, 0.2) is 0 Å². The molecule has 3 heteroatoms. The van der Waals surface area contributed by atoms with Crippen molar-refractivity contribution in [3.8, 4) is 12.3 Å². The van der Waals surface area contributed by atoms with Crippen LogP contribution in [0.4, 0.5) is 0 Å². The fourth-order valence-corrected chi connectivity index (χ4v) is 0.761. The Balaban J connectivity index is 3.48. The minimum Gasteiger partial charge on any atom is -0.465 e. The molecule has 0 saturated carbocycles. The van der Waals surface area contributed by atoms with Gasteiger partial charge >= 0.3 is 5.97 Å². The van der Waals surface area contributed by atoms with Gasteiger partial charge in [0.1, 0.15) is 0 Å². The lowest BCUT2D eigenvalue weighted by atomic mass is 10.4. The van der Waals surface area contributed by atoms with Gasteiger partial charge in [-0.3, -0.25) is 9.69 Å². The molecule has 3 nitrogen and oxygen atoms in total. The van der Waals surface area contributed by atoms with Crippen LogP contribution < -0.4 is 0 Å². The largest absolute Gasteiger partial charge is 0.465 e. The quantitative estimate of drug-likeness (QED) is 0.443. The zero-order valence-electron chi connectivity index (χ0n) is 7.67. The van der Waals surface area contributed by atoms with Gasteiger partial charge in [-0.1, -0.05) is 0 Å². The number of likely N-dealkylation sites (N-methyl/N-ethyl adjacent to an activating group) is 1. The van der Waals surface area contributed by atoms with Crippen LogP contribution in [0.1, 0.15) is 13.3 Å². The molecular formula is C9H15NO2. The van der Waals surface area contributed by atoms with Crippen molar-refractivity contribution in [2.24, 2.45) is 0 Å². The van der Waals surface area contributed by atoms with Crippen molar-refractivity contribution in [1.29, 1.82) is 0 Å². The van der Waals surface area contributed by atoms with E-state index in [1.807, 2.05) is 11.9 Å². The number of terminal acetylenes is 1. The van der Waals surface area contributed by atoms with Crippen LogP contribution in [0.2, 0.25) is 0 Å². The smallest absolute Gasteiger partial charge is 0.320 e. The Morgan fingerprint density at radius 2 is 2.33 bits per heavy atom. The number of nitrogens with zero attached hydrogens (tertiary/aromatic N) is 1. The summed E-state index contributed by atoms with van der Waals surface area (Å²) in [6.07, 6.45) is 5.74. The molecule has 0 fully saturated rings. The summed E-state index contributed by atoms with van der Waals surface area (Å²) < 4.78 is 4.76. The lowest BCUT2D eigenvalue weighted by Crippen LogP contribution is -2.28. The van der Waals surface area contributed by atoms with E-state index in [9.17, 15) is 4.79 Å². The number of carbonyl (C=O) groups excluding carboxylic acids is 1. The predicted molar refractivity (Wildman–Crippen MR) is 47.6 cm³/mol. The van der Waals surface area contributed by atoms with E-state index in [1.165, 1.54) is 0 Å². The zero-order chi connectivity index (χ0) is 9.40. The highest BCUT2D eigenvalue weighted by Crippen LogP contribution is 1.87. The second kappa shape index (κ2) is 6.68. The van der Waals surface area contributed by atoms with E-state index in [4.69, 9.17) is 11.2 Å². The molecule has 0 N–H and O–H groups in total. The number of hydrogen-bond acceptors (Lipinski definition) is 3. The third-order valence-corrected chi connectivity index (χ3v) is 1.34. The lowest BCUT2D eigenvalue weighted by molar-refractivity contribution is -0.144. The molecule has 0 heterocycles. The first-order valence-electron chi connectivity index (χ1n) is 3.98. The molecule has 0 aromatic rings. The fourth-order valence-electron chi connectivity index (χ4n) is 0.761. The first kappa shape index (κ1) is 11.0. The van der Waals surface area contributed by atoms with Crippen molar-refractivity contribution in [2.75, 3.05) is 26.7 Å². The highest BCUT2D eigenvalue weighted by molar-refractivity contribution is 5.71. The molecule has 0 aliphatic carbocycles. The maximum Gasteiger partial charge on any atom is 0.320 e. The summed E-state index contributed by atoms with van der Waals surface area (Å²) >= 11 is 0. The van der Waals surface area contributed by atoms with Crippen molar-refractivity contribution < 1.29 is 9.53 Å².